The van der Waals surface area contributed by atoms with Gasteiger partial charge in [0.05, 0.1) is 26.4 Å². The molecule has 0 aromatic rings. The zero-order valence-corrected chi connectivity index (χ0v) is 9.56. The maximum absolute atomic E-state index is 9.30. The summed E-state index contributed by atoms with van der Waals surface area (Å²) in [6, 6.07) is 0. The van der Waals surface area contributed by atoms with Gasteiger partial charge in [-0.05, 0) is 0 Å². The van der Waals surface area contributed by atoms with Crippen LogP contribution in [-0.4, -0.2) is 43.9 Å². The van der Waals surface area contributed by atoms with Gasteiger partial charge in [-0.3, -0.25) is 0 Å². The minimum Gasteiger partial charge on any atom is -0.391 e. The first kappa shape index (κ1) is 15.1. The Labute approximate surface area is 96.8 Å². The summed E-state index contributed by atoms with van der Waals surface area (Å²) in [6.07, 6.45) is 4.77. The van der Waals surface area contributed by atoms with Crippen LogP contribution < -0.4 is 0 Å². The van der Waals surface area contributed by atoms with E-state index in [1.807, 2.05) is 0 Å². The molecule has 0 aliphatic heterocycles. The molecule has 0 atom stereocenters. The Morgan fingerprint density at radius 1 is 0.938 bits per heavy atom. The van der Waals surface area contributed by atoms with Gasteiger partial charge >= 0.3 is 0 Å². The Morgan fingerprint density at radius 2 is 1.44 bits per heavy atom. The van der Waals surface area contributed by atoms with Gasteiger partial charge in [0.1, 0.15) is 6.61 Å². The average molecular weight is 228 g/mol. The van der Waals surface area contributed by atoms with Gasteiger partial charge in [0.2, 0.25) is 5.79 Å². The summed E-state index contributed by atoms with van der Waals surface area (Å²) in [5.41, 5.74) is 0. The lowest BCUT2D eigenvalue weighted by Crippen LogP contribution is -2.45. The molecule has 0 saturated carbocycles. The van der Waals surface area contributed by atoms with Crippen LogP contribution in [0.1, 0.15) is 0 Å². The molecule has 0 aliphatic carbocycles. The van der Waals surface area contributed by atoms with E-state index in [4.69, 9.17) is 14.2 Å². The Balaban J connectivity index is 4.31. The maximum atomic E-state index is 9.30. The highest BCUT2D eigenvalue weighted by Gasteiger charge is 2.31. The van der Waals surface area contributed by atoms with E-state index in [0.29, 0.717) is 6.61 Å². The summed E-state index contributed by atoms with van der Waals surface area (Å²) < 4.78 is 16.0. The van der Waals surface area contributed by atoms with Crippen molar-refractivity contribution in [3.8, 4) is 0 Å². The van der Waals surface area contributed by atoms with Crippen molar-refractivity contribution in [3.63, 3.8) is 0 Å². The van der Waals surface area contributed by atoms with Crippen molar-refractivity contribution in [1.82, 2.24) is 0 Å². The van der Waals surface area contributed by atoms with Gasteiger partial charge in [-0.25, -0.2) is 0 Å². The summed E-state index contributed by atoms with van der Waals surface area (Å²) >= 11 is 0. The molecule has 0 fully saturated rings. The van der Waals surface area contributed by atoms with E-state index in [0.717, 1.165) is 0 Å². The highest BCUT2D eigenvalue weighted by molar-refractivity contribution is 4.76. The highest BCUT2D eigenvalue weighted by atomic mass is 16.7. The molecule has 0 aromatic carbocycles. The minimum atomic E-state index is -1.16. The van der Waals surface area contributed by atoms with Gasteiger partial charge in [0, 0.05) is 0 Å². The molecule has 92 valence electrons. The van der Waals surface area contributed by atoms with Crippen molar-refractivity contribution >= 4 is 0 Å². The molecular formula is C12H20O4. The first-order valence-electron chi connectivity index (χ1n) is 5.04. The predicted molar refractivity (Wildman–Crippen MR) is 63.1 cm³/mol. The van der Waals surface area contributed by atoms with Gasteiger partial charge in [-0.1, -0.05) is 18.2 Å². The van der Waals surface area contributed by atoms with Crippen LogP contribution in [0.15, 0.2) is 38.0 Å². The summed E-state index contributed by atoms with van der Waals surface area (Å²) in [7, 11) is 0. The Kier molecular flexibility index (Phi) is 8.75. The molecular weight excluding hydrogens is 208 g/mol. The molecule has 0 aliphatic rings. The summed E-state index contributed by atoms with van der Waals surface area (Å²) in [4.78, 5) is 0. The van der Waals surface area contributed by atoms with Gasteiger partial charge in [-0.2, -0.15) is 0 Å². The third-order valence-electron chi connectivity index (χ3n) is 1.73. The number of hydrogen-bond acceptors (Lipinski definition) is 4. The molecule has 0 bridgehead atoms. The van der Waals surface area contributed by atoms with E-state index in [9.17, 15) is 5.11 Å². The lowest BCUT2D eigenvalue weighted by atomic mass is 10.3. The van der Waals surface area contributed by atoms with Crippen LogP contribution in [0.25, 0.3) is 0 Å². The topological polar surface area (TPSA) is 47.9 Å². The van der Waals surface area contributed by atoms with Crippen molar-refractivity contribution in [2.45, 2.75) is 5.79 Å². The van der Waals surface area contributed by atoms with Crippen LogP contribution in [0.2, 0.25) is 0 Å². The van der Waals surface area contributed by atoms with E-state index < -0.39 is 5.79 Å². The van der Waals surface area contributed by atoms with Crippen LogP contribution in [0.3, 0.4) is 0 Å². The monoisotopic (exact) mass is 228 g/mol. The summed E-state index contributed by atoms with van der Waals surface area (Å²) in [6.45, 7) is 11.3. The van der Waals surface area contributed by atoms with Gasteiger partial charge in [0.25, 0.3) is 0 Å². The third-order valence-corrected chi connectivity index (χ3v) is 1.73. The van der Waals surface area contributed by atoms with Crippen molar-refractivity contribution in [2.24, 2.45) is 0 Å². The van der Waals surface area contributed by atoms with Crippen molar-refractivity contribution < 1.29 is 19.3 Å². The molecule has 16 heavy (non-hydrogen) atoms. The summed E-state index contributed by atoms with van der Waals surface area (Å²) in [5.74, 6) is -1.16. The lowest BCUT2D eigenvalue weighted by molar-refractivity contribution is -0.266. The molecule has 4 nitrogen and oxygen atoms in total. The first-order valence-corrected chi connectivity index (χ1v) is 5.04. The standard InChI is InChI=1S/C12H20O4/c1-4-7-14-11-12(10-13,15-8-5-2)16-9-6-3/h4-6,13H,1-3,7-11H2. The van der Waals surface area contributed by atoms with E-state index >= 15 is 0 Å². The minimum absolute atomic E-state index is 0.122. The molecule has 0 rings (SSSR count). The molecule has 0 spiro atoms. The molecule has 0 saturated heterocycles. The summed E-state index contributed by atoms with van der Waals surface area (Å²) in [5, 5.41) is 9.30. The number of ether oxygens (including phenoxy) is 3. The van der Waals surface area contributed by atoms with Crippen molar-refractivity contribution in [3.05, 3.63) is 38.0 Å². The van der Waals surface area contributed by atoms with E-state index in [1.54, 1.807) is 18.2 Å². The highest BCUT2D eigenvalue weighted by Crippen LogP contribution is 2.14. The fourth-order valence-electron chi connectivity index (χ4n) is 0.981. The molecule has 1 N–H and O–H groups in total. The van der Waals surface area contributed by atoms with Crippen LogP contribution in [0, 0.1) is 0 Å². The predicted octanol–water partition coefficient (Wildman–Crippen LogP) is 1.28. The molecule has 0 aromatic heterocycles. The van der Waals surface area contributed by atoms with Gasteiger partial charge in [0.15, 0.2) is 0 Å². The zero-order chi connectivity index (χ0) is 12.3. The number of aliphatic hydroxyl groups excluding tert-OH is 1. The Morgan fingerprint density at radius 3 is 1.81 bits per heavy atom. The maximum Gasteiger partial charge on any atom is 0.216 e. The van der Waals surface area contributed by atoms with Crippen LogP contribution in [-0.2, 0) is 14.2 Å². The number of hydrogen-bond donors (Lipinski definition) is 1. The fourth-order valence-corrected chi connectivity index (χ4v) is 0.981. The first-order chi connectivity index (χ1) is 7.74. The molecule has 0 radical (unpaired) electrons. The van der Waals surface area contributed by atoms with Crippen LogP contribution >= 0.6 is 0 Å². The van der Waals surface area contributed by atoms with Gasteiger partial charge < -0.3 is 19.3 Å². The molecule has 0 unspecified atom stereocenters. The third kappa shape index (κ3) is 5.82. The quantitative estimate of drug-likeness (QED) is 0.329. The lowest BCUT2D eigenvalue weighted by Gasteiger charge is -2.30. The van der Waals surface area contributed by atoms with Crippen molar-refractivity contribution in [1.29, 1.82) is 0 Å². The second-order valence-electron chi connectivity index (χ2n) is 3.07. The second-order valence-corrected chi connectivity index (χ2v) is 3.07. The van der Waals surface area contributed by atoms with Crippen LogP contribution in [0.4, 0.5) is 0 Å². The smallest absolute Gasteiger partial charge is 0.216 e. The second kappa shape index (κ2) is 9.30. The average Bonchev–Trinajstić information content (AvgIpc) is 2.32. The number of rotatable bonds is 11. The van der Waals surface area contributed by atoms with E-state index in [2.05, 4.69) is 19.7 Å². The Bertz CT molecular complexity index is 201. The van der Waals surface area contributed by atoms with E-state index in [-0.39, 0.29) is 26.4 Å². The number of aliphatic hydroxyl groups is 1. The SMILES string of the molecule is C=CCOCC(CO)(OCC=C)OCC=C. The van der Waals surface area contributed by atoms with E-state index in [1.165, 1.54) is 0 Å². The van der Waals surface area contributed by atoms with Gasteiger partial charge in [-0.15, -0.1) is 19.7 Å². The molecule has 4 heteroatoms. The molecule has 0 amide bonds. The zero-order valence-electron chi connectivity index (χ0n) is 9.56. The van der Waals surface area contributed by atoms with Crippen LogP contribution in [0.5, 0.6) is 0 Å². The largest absolute Gasteiger partial charge is 0.391 e. The van der Waals surface area contributed by atoms with Crippen molar-refractivity contribution in [2.75, 3.05) is 33.0 Å². The molecule has 0 heterocycles. The Hall–Kier alpha value is -0.940. The normalized spacial score (nSPS) is 11.1. The fraction of sp³-hybridized carbons (Fsp3) is 0.500.